The maximum Gasteiger partial charge on any atom is 0.459 e. The number of carbonyl (C=O) groups is 3. The molecular formula is C21H27Br2N6O9P. The predicted molar refractivity (Wildman–Crippen MR) is 143 cm³/mol. The smallest absolute Gasteiger partial charge is 0.459 e. The number of urea groups is 1. The molecular weight excluding hydrogens is 671 g/mol. The van der Waals surface area contributed by atoms with Gasteiger partial charge in [-0.3, -0.25) is 24.3 Å². The Balaban J connectivity index is 1.82. The Bertz CT molecular complexity index is 1180. The van der Waals surface area contributed by atoms with Gasteiger partial charge in [0.15, 0.2) is 6.23 Å². The van der Waals surface area contributed by atoms with E-state index in [9.17, 15) is 18.9 Å². The fourth-order valence-corrected chi connectivity index (χ4v) is 6.24. The summed E-state index contributed by atoms with van der Waals surface area (Å²) in [6.07, 6.45) is -3.04. The third kappa shape index (κ3) is 7.30. The summed E-state index contributed by atoms with van der Waals surface area (Å²) in [7, 11) is -1.74. The lowest BCUT2D eigenvalue weighted by atomic mass is 10.0. The molecule has 39 heavy (non-hydrogen) atoms. The fourth-order valence-electron chi connectivity index (χ4n) is 3.97. The van der Waals surface area contributed by atoms with E-state index in [1.165, 1.54) is 45.1 Å². The van der Waals surface area contributed by atoms with E-state index in [1.54, 1.807) is 12.1 Å². The van der Waals surface area contributed by atoms with Gasteiger partial charge >= 0.3 is 19.7 Å². The normalized spacial score (nSPS) is 29.1. The Morgan fingerprint density at radius 3 is 2.64 bits per heavy atom. The van der Waals surface area contributed by atoms with Gasteiger partial charge < -0.3 is 18.7 Å². The minimum atomic E-state index is -4.24. The second-order valence-corrected chi connectivity index (χ2v) is 12.9. The summed E-state index contributed by atoms with van der Waals surface area (Å²) in [6, 6.07) is 3.68. The first-order valence-electron chi connectivity index (χ1n) is 11.5. The number of hydrogen-bond donors (Lipinski definition) is 2. The maximum atomic E-state index is 13.7. The number of rotatable bonds is 11. The van der Waals surface area contributed by atoms with Crippen LogP contribution in [0.15, 0.2) is 33.9 Å². The number of imide groups is 1. The molecule has 1 aromatic carbocycles. The van der Waals surface area contributed by atoms with E-state index in [4.69, 9.17) is 24.1 Å². The molecule has 18 heteroatoms. The van der Waals surface area contributed by atoms with Crippen molar-refractivity contribution >= 4 is 57.5 Å². The van der Waals surface area contributed by atoms with Gasteiger partial charge in [-0.15, -0.1) is 0 Å². The van der Waals surface area contributed by atoms with Crippen LogP contribution in [-0.4, -0.2) is 78.6 Å². The summed E-state index contributed by atoms with van der Waals surface area (Å²) in [5, 5.41) is 8.49. The number of azide groups is 1. The summed E-state index contributed by atoms with van der Waals surface area (Å²) in [4.78, 5) is 41.1. The molecule has 0 aromatic heterocycles. The molecule has 2 saturated heterocycles. The second-order valence-electron chi connectivity index (χ2n) is 8.68. The fraction of sp³-hybridized carbons (Fsp3) is 0.571. The number of amides is 3. The van der Waals surface area contributed by atoms with Crippen LogP contribution in [0.25, 0.3) is 10.4 Å². The van der Waals surface area contributed by atoms with Gasteiger partial charge in [0, 0.05) is 22.9 Å². The zero-order valence-corrected chi connectivity index (χ0v) is 25.3. The number of alkyl halides is 1. The highest BCUT2D eigenvalue weighted by Crippen LogP contribution is 2.46. The van der Waals surface area contributed by atoms with E-state index in [-0.39, 0.29) is 12.2 Å². The number of benzene rings is 1. The SMILES string of the molecule is COC(=O)C(C)NP(=O)(OC[C@H]1O[C@@H](N2C(=O)NC(=O)C(C)(Br)C2OC)C[C@H]1N=[N+]=[N-])Oc1ccc(Br)cc1. The van der Waals surface area contributed by atoms with Gasteiger partial charge in [0.25, 0.3) is 0 Å². The molecule has 2 aliphatic rings. The molecule has 2 aliphatic heterocycles. The zero-order valence-electron chi connectivity index (χ0n) is 21.3. The standard InChI is InChI=1S/C21H27Br2N6O9P/c1-11(17(30)34-3)27-39(33,38-13-7-5-12(22)6-8-13)36-10-15-14(26-28-24)9-16(37-15)29-19(35-4)21(2,23)18(31)25-20(29)32/h5-8,11,14-16,19H,9-10H2,1-4H3,(H,27,33)(H,25,31,32)/t11?,14-,15-,16-,19?,21?,39?/m1/s1. The minimum absolute atomic E-state index is 0.0203. The van der Waals surface area contributed by atoms with Crippen molar-refractivity contribution in [3.05, 3.63) is 39.2 Å². The molecule has 2 fully saturated rings. The van der Waals surface area contributed by atoms with E-state index < -0.39 is 67.2 Å². The monoisotopic (exact) mass is 696 g/mol. The number of nitrogens with zero attached hydrogens (tertiary/aromatic N) is 4. The van der Waals surface area contributed by atoms with Crippen molar-refractivity contribution in [3.8, 4) is 5.75 Å². The molecule has 214 valence electrons. The van der Waals surface area contributed by atoms with Gasteiger partial charge in [0.2, 0.25) is 5.91 Å². The Morgan fingerprint density at radius 2 is 2.05 bits per heavy atom. The van der Waals surface area contributed by atoms with Crippen LogP contribution in [0.2, 0.25) is 0 Å². The van der Waals surface area contributed by atoms with Crippen LogP contribution < -0.4 is 14.9 Å². The molecule has 15 nitrogen and oxygen atoms in total. The lowest BCUT2D eigenvalue weighted by Gasteiger charge is -2.44. The predicted octanol–water partition coefficient (Wildman–Crippen LogP) is 3.58. The third-order valence-corrected chi connectivity index (χ3v) is 8.83. The van der Waals surface area contributed by atoms with Crippen molar-refractivity contribution in [2.24, 2.45) is 5.11 Å². The first kappa shape index (κ1) is 31.3. The van der Waals surface area contributed by atoms with Gasteiger partial charge in [0.1, 0.15) is 22.3 Å². The van der Waals surface area contributed by atoms with E-state index in [0.717, 1.165) is 4.47 Å². The van der Waals surface area contributed by atoms with E-state index in [0.29, 0.717) is 0 Å². The van der Waals surface area contributed by atoms with Crippen molar-refractivity contribution in [2.75, 3.05) is 20.8 Å². The van der Waals surface area contributed by atoms with Crippen LogP contribution in [-0.2, 0) is 32.9 Å². The largest absolute Gasteiger partial charge is 0.468 e. The number of ether oxygens (including phenoxy) is 3. The summed E-state index contributed by atoms with van der Waals surface area (Å²) >= 11 is 6.60. The number of esters is 1. The van der Waals surface area contributed by atoms with Gasteiger partial charge in [-0.05, 0) is 43.6 Å². The average Bonchev–Trinajstić information content (AvgIpc) is 3.28. The first-order valence-corrected chi connectivity index (χ1v) is 14.6. The molecule has 1 aromatic rings. The summed E-state index contributed by atoms with van der Waals surface area (Å²) in [6.45, 7) is 2.52. The Labute approximate surface area is 240 Å². The van der Waals surface area contributed by atoms with Gasteiger partial charge in [0.05, 0.1) is 25.9 Å². The molecule has 3 amide bonds. The molecule has 0 radical (unpaired) electrons. The number of methoxy groups -OCH3 is 2. The van der Waals surface area contributed by atoms with Crippen molar-refractivity contribution in [1.29, 1.82) is 0 Å². The quantitative estimate of drug-likeness (QED) is 0.0863. The number of hydrogen-bond acceptors (Lipinski definition) is 10. The summed E-state index contributed by atoms with van der Waals surface area (Å²) < 4.78 is 40.5. The Kier molecular flexibility index (Phi) is 10.4. The highest BCUT2D eigenvalue weighted by Gasteiger charge is 2.54. The topological polar surface area (TPSA) is 190 Å². The van der Waals surface area contributed by atoms with Gasteiger partial charge in [-0.1, -0.05) is 37.0 Å². The highest BCUT2D eigenvalue weighted by molar-refractivity contribution is 9.10. The average molecular weight is 698 g/mol. The molecule has 7 atom stereocenters. The second kappa shape index (κ2) is 13.0. The molecule has 2 N–H and O–H groups in total. The molecule has 0 bridgehead atoms. The van der Waals surface area contributed by atoms with E-state index in [1.807, 2.05) is 0 Å². The highest BCUT2D eigenvalue weighted by atomic mass is 79.9. The molecule has 2 heterocycles. The maximum absolute atomic E-state index is 13.7. The van der Waals surface area contributed by atoms with Crippen molar-refractivity contribution in [1.82, 2.24) is 15.3 Å². The lowest BCUT2D eigenvalue weighted by Crippen LogP contribution is -2.69. The Hall–Kier alpha value is -2.23. The first-order chi connectivity index (χ1) is 18.3. The lowest BCUT2D eigenvalue weighted by molar-refractivity contribution is -0.152. The van der Waals surface area contributed by atoms with Crippen LogP contribution in [0.3, 0.4) is 0 Å². The third-order valence-electron chi connectivity index (χ3n) is 5.91. The Morgan fingerprint density at radius 1 is 1.38 bits per heavy atom. The van der Waals surface area contributed by atoms with Crippen molar-refractivity contribution < 1.29 is 42.2 Å². The summed E-state index contributed by atoms with van der Waals surface area (Å²) in [5.74, 6) is -1.13. The number of nitrogens with one attached hydrogen (secondary N) is 2. The molecule has 0 aliphatic carbocycles. The summed E-state index contributed by atoms with van der Waals surface area (Å²) in [5.41, 5.74) is 9.11. The van der Waals surface area contributed by atoms with Crippen molar-refractivity contribution in [2.45, 2.75) is 55.2 Å². The van der Waals surface area contributed by atoms with Crippen LogP contribution >= 0.6 is 39.6 Å². The van der Waals surface area contributed by atoms with Crippen LogP contribution in [0.1, 0.15) is 20.3 Å². The van der Waals surface area contributed by atoms with Gasteiger partial charge in [-0.25, -0.2) is 9.36 Å². The molecule has 0 saturated carbocycles. The number of carbonyl (C=O) groups excluding carboxylic acids is 3. The van der Waals surface area contributed by atoms with Crippen LogP contribution in [0, 0.1) is 0 Å². The van der Waals surface area contributed by atoms with Gasteiger partial charge in [-0.2, -0.15) is 5.09 Å². The van der Waals surface area contributed by atoms with E-state index >= 15 is 0 Å². The number of halogens is 2. The van der Waals surface area contributed by atoms with Crippen molar-refractivity contribution in [3.63, 3.8) is 0 Å². The van der Waals surface area contributed by atoms with Crippen LogP contribution in [0.5, 0.6) is 5.75 Å². The zero-order chi connectivity index (χ0) is 29.0. The molecule has 0 spiro atoms. The molecule has 4 unspecified atom stereocenters. The van der Waals surface area contributed by atoms with Crippen LogP contribution in [0.4, 0.5) is 4.79 Å². The molecule has 3 rings (SSSR count). The van der Waals surface area contributed by atoms with E-state index in [2.05, 4.69) is 57.0 Å². The minimum Gasteiger partial charge on any atom is -0.468 e.